The summed E-state index contributed by atoms with van der Waals surface area (Å²) in [7, 11) is 0. The van der Waals surface area contributed by atoms with Crippen molar-refractivity contribution in [3.8, 4) is 5.75 Å². The van der Waals surface area contributed by atoms with Gasteiger partial charge in [0, 0.05) is 16.5 Å². The molecular weight excluding hydrogens is 334 g/mol. The van der Waals surface area contributed by atoms with Crippen molar-refractivity contribution in [2.45, 2.75) is 32.9 Å². The minimum absolute atomic E-state index is 0.623. The van der Waals surface area contributed by atoms with Gasteiger partial charge in [-0.3, -0.25) is 0 Å². The molecule has 0 atom stereocenters. The summed E-state index contributed by atoms with van der Waals surface area (Å²) in [6.45, 7) is 5.15. The molecule has 0 radical (unpaired) electrons. The number of benzene rings is 1. The quantitative estimate of drug-likeness (QED) is 0.805. The van der Waals surface area contributed by atoms with Crippen molar-refractivity contribution in [3.63, 3.8) is 0 Å². The summed E-state index contributed by atoms with van der Waals surface area (Å²) in [5, 5.41) is 15.3. The van der Waals surface area contributed by atoms with E-state index in [0.717, 1.165) is 47.6 Å². The van der Waals surface area contributed by atoms with Gasteiger partial charge in [0.05, 0.1) is 19.7 Å². The van der Waals surface area contributed by atoms with Crippen LogP contribution < -0.4 is 10.1 Å². The van der Waals surface area contributed by atoms with E-state index in [-0.39, 0.29) is 0 Å². The predicted octanol–water partition coefficient (Wildman–Crippen LogP) is 1.92. The molecule has 1 N–H and O–H groups in total. The fourth-order valence-corrected chi connectivity index (χ4v) is 3.03. The van der Waals surface area contributed by atoms with E-state index < -0.39 is 0 Å². The lowest BCUT2D eigenvalue weighted by atomic mass is 10.1. The maximum Gasteiger partial charge on any atom is 0.165 e. The van der Waals surface area contributed by atoms with Crippen molar-refractivity contribution in [2.24, 2.45) is 0 Å². The highest BCUT2D eigenvalue weighted by atomic mass is 79.9. The van der Waals surface area contributed by atoms with Gasteiger partial charge in [0.1, 0.15) is 5.75 Å². The molecule has 0 spiro atoms. The molecule has 0 aliphatic carbocycles. The molecule has 21 heavy (non-hydrogen) atoms. The summed E-state index contributed by atoms with van der Waals surface area (Å²) in [4.78, 5) is 0. The highest BCUT2D eigenvalue weighted by molar-refractivity contribution is 9.10. The highest BCUT2D eigenvalue weighted by Crippen LogP contribution is 2.33. The number of halogens is 1. The third-order valence-electron chi connectivity index (χ3n) is 3.46. The fourth-order valence-electron chi connectivity index (χ4n) is 2.47. The van der Waals surface area contributed by atoms with Gasteiger partial charge in [-0.05, 0) is 41.1 Å². The third kappa shape index (κ3) is 3.24. The molecule has 2 heterocycles. The van der Waals surface area contributed by atoms with Gasteiger partial charge in [-0.25, -0.2) is 4.68 Å². The van der Waals surface area contributed by atoms with Gasteiger partial charge in [0.15, 0.2) is 5.82 Å². The lowest BCUT2D eigenvalue weighted by Gasteiger charge is -2.10. The standard InChI is InChI=1S/C14H18BrN5O/c1-2-4-16-8-13-17-18-19-20(13)9-11-7-12(15)6-10-3-5-21-14(10)11/h6-7,16H,2-5,8-9H2,1H3. The van der Waals surface area contributed by atoms with Crippen LogP contribution >= 0.6 is 15.9 Å². The fraction of sp³-hybridized carbons (Fsp3) is 0.500. The second-order valence-corrected chi connectivity index (χ2v) is 6.00. The third-order valence-corrected chi connectivity index (χ3v) is 3.92. The molecule has 1 aromatic heterocycles. The van der Waals surface area contributed by atoms with Crippen LogP contribution in [0.3, 0.4) is 0 Å². The van der Waals surface area contributed by atoms with Gasteiger partial charge in [0.2, 0.25) is 0 Å². The van der Waals surface area contributed by atoms with Crippen molar-refractivity contribution in [1.82, 2.24) is 25.5 Å². The summed E-state index contributed by atoms with van der Waals surface area (Å²) < 4.78 is 8.65. The van der Waals surface area contributed by atoms with E-state index in [1.54, 1.807) is 0 Å². The van der Waals surface area contributed by atoms with Crippen LogP contribution in [0.1, 0.15) is 30.3 Å². The Bertz CT molecular complexity index is 628. The first-order valence-corrected chi connectivity index (χ1v) is 7.97. The summed E-state index contributed by atoms with van der Waals surface area (Å²) in [5.74, 6) is 1.83. The Kier molecular flexibility index (Phi) is 4.50. The minimum atomic E-state index is 0.623. The molecule has 112 valence electrons. The average Bonchev–Trinajstić information content (AvgIpc) is 3.08. The summed E-state index contributed by atoms with van der Waals surface area (Å²) in [5.41, 5.74) is 2.36. The van der Waals surface area contributed by atoms with Gasteiger partial charge in [-0.15, -0.1) is 5.10 Å². The number of ether oxygens (including phenoxy) is 1. The van der Waals surface area contributed by atoms with Gasteiger partial charge >= 0.3 is 0 Å². The van der Waals surface area contributed by atoms with Crippen molar-refractivity contribution in [3.05, 3.63) is 33.6 Å². The first-order chi connectivity index (χ1) is 10.3. The van der Waals surface area contributed by atoms with Crippen molar-refractivity contribution >= 4 is 15.9 Å². The van der Waals surface area contributed by atoms with Crippen molar-refractivity contribution < 1.29 is 4.74 Å². The molecule has 0 amide bonds. The lowest BCUT2D eigenvalue weighted by Crippen LogP contribution is -2.18. The number of tetrazole rings is 1. The maximum atomic E-state index is 5.75. The van der Waals surface area contributed by atoms with Crippen molar-refractivity contribution in [1.29, 1.82) is 0 Å². The zero-order valence-electron chi connectivity index (χ0n) is 12.0. The number of hydrogen-bond acceptors (Lipinski definition) is 5. The molecule has 2 aromatic rings. The molecule has 1 aromatic carbocycles. The number of fused-ring (bicyclic) bond motifs is 1. The van der Waals surface area contributed by atoms with Gasteiger partial charge in [-0.2, -0.15) is 0 Å². The maximum absolute atomic E-state index is 5.75. The van der Waals surface area contributed by atoms with E-state index in [9.17, 15) is 0 Å². The summed E-state index contributed by atoms with van der Waals surface area (Å²) in [6, 6.07) is 4.20. The summed E-state index contributed by atoms with van der Waals surface area (Å²) in [6.07, 6.45) is 2.05. The number of rotatable bonds is 6. The molecule has 0 saturated carbocycles. The number of aromatic nitrogens is 4. The van der Waals surface area contributed by atoms with Crippen LogP contribution in [0.4, 0.5) is 0 Å². The normalized spacial score (nSPS) is 13.2. The molecule has 1 aliphatic rings. The average molecular weight is 352 g/mol. The van der Waals surface area contributed by atoms with E-state index in [4.69, 9.17) is 4.74 Å². The highest BCUT2D eigenvalue weighted by Gasteiger charge is 2.19. The molecule has 0 bridgehead atoms. The lowest BCUT2D eigenvalue weighted by molar-refractivity contribution is 0.352. The summed E-state index contributed by atoms with van der Waals surface area (Å²) >= 11 is 3.56. The van der Waals surface area contributed by atoms with Gasteiger partial charge in [-0.1, -0.05) is 22.9 Å². The van der Waals surface area contributed by atoms with Gasteiger partial charge in [0.25, 0.3) is 0 Å². The molecule has 7 heteroatoms. The van der Waals surface area contributed by atoms with E-state index >= 15 is 0 Å². The van der Waals surface area contributed by atoms with Crippen LogP contribution in [0.2, 0.25) is 0 Å². The first-order valence-electron chi connectivity index (χ1n) is 7.17. The second kappa shape index (κ2) is 6.53. The van der Waals surface area contributed by atoms with Crippen LogP contribution in [-0.4, -0.2) is 33.4 Å². The Labute approximate surface area is 132 Å². The molecule has 1 aliphatic heterocycles. The zero-order chi connectivity index (χ0) is 14.7. The SMILES string of the molecule is CCCNCc1nnnn1Cc1cc(Br)cc2c1OCC2. The number of nitrogens with zero attached hydrogens (tertiary/aromatic N) is 4. The van der Waals surface area contributed by atoms with E-state index in [0.29, 0.717) is 13.1 Å². The van der Waals surface area contributed by atoms with E-state index in [1.807, 2.05) is 4.68 Å². The van der Waals surface area contributed by atoms with E-state index in [1.165, 1.54) is 5.56 Å². The van der Waals surface area contributed by atoms with Crippen LogP contribution in [0.25, 0.3) is 0 Å². The molecule has 3 rings (SSSR count). The first kappa shape index (κ1) is 14.5. The number of nitrogens with one attached hydrogen (secondary N) is 1. The monoisotopic (exact) mass is 351 g/mol. The smallest absolute Gasteiger partial charge is 0.165 e. The molecule has 0 fully saturated rings. The Morgan fingerprint density at radius 1 is 1.43 bits per heavy atom. The minimum Gasteiger partial charge on any atom is -0.493 e. The largest absolute Gasteiger partial charge is 0.493 e. The van der Waals surface area contributed by atoms with Crippen molar-refractivity contribution in [2.75, 3.05) is 13.2 Å². The zero-order valence-corrected chi connectivity index (χ0v) is 13.6. The van der Waals surface area contributed by atoms with Crippen LogP contribution in [0.5, 0.6) is 5.75 Å². The molecule has 0 unspecified atom stereocenters. The molecule has 6 nitrogen and oxygen atoms in total. The second-order valence-electron chi connectivity index (χ2n) is 5.08. The van der Waals surface area contributed by atoms with Crippen LogP contribution in [0, 0.1) is 0 Å². The predicted molar refractivity (Wildman–Crippen MR) is 82.3 cm³/mol. The topological polar surface area (TPSA) is 64.9 Å². The van der Waals surface area contributed by atoms with Crippen LogP contribution in [-0.2, 0) is 19.5 Å². The van der Waals surface area contributed by atoms with E-state index in [2.05, 4.69) is 55.8 Å². The van der Waals surface area contributed by atoms with Gasteiger partial charge < -0.3 is 10.1 Å². The Morgan fingerprint density at radius 2 is 2.33 bits per heavy atom. The number of hydrogen-bond donors (Lipinski definition) is 1. The molecule has 0 saturated heterocycles. The van der Waals surface area contributed by atoms with Crippen LogP contribution in [0.15, 0.2) is 16.6 Å². The molecular formula is C14H18BrN5O. The Balaban J connectivity index is 1.80. The Hall–Kier alpha value is -1.47. The Morgan fingerprint density at radius 3 is 3.19 bits per heavy atom.